The summed E-state index contributed by atoms with van der Waals surface area (Å²) in [7, 11) is 3.21. The first kappa shape index (κ1) is 13.5. The molecule has 104 valence electrons. The van der Waals surface area contributed by atoms with Gasteiger partial charge in [-0.25, -0.2) is 9.86 Å². The average molecular weight is 266 g/mol. The van der Waals surface area contributed by atoms with E-state index < -0.39 is 6.03 Å². The number of ether oxygens (including phenoxy) is 2. The van der Waals surface area contributed by atoms with Crippen molar-refractivity contribution in [3.8, 4) is 11.5 Å². The second kappa shape index (κ2) is 5.36. The van der Waals surface area contributed by atoms with Gasteiger partial charge in [-0.05, 0) is 36.0 Å². The molecule has 1 aromatic rings. The number of methoxy groups -OCH3 is 2. The van der Waals surface area contributed by atoms with E-state index in [2.05, 4.69) is 0 Å². The molecule has 6 nitrogen and oxygen atoms in total. The van der Waals surface area contributed by atoms with Crippen LogP contribution >= 0.6 is 0 Å². The van der Waals surface area contributed by atoms with Crippen LogP contribution < -0.4 is 15.2 Å². The Labute approximate surface area is 111 Å². The van der Waals surface area contributed by atoms with Gasteiger partial charge in [0.1, 0.15) is 11.5 Å². The monoisotopic (exact) mass is 266 g/mol. The number of hydrogen-bond donors (Lipinski definition) is 2. The number of rotatable bonds is 5. The third-order valence-electron chi connectivity index (χ3n) is 3.39. The number of hydrogen-bond acceptors (Lipinski definition) is 4. The fraction of sp³-hybridized carbons (Fsp3) is 0.462. The first-order valence-electron chi connectivity index (χ1n) is 6.04. The smallest absolute Gasteiger partial charge is 0.338 e. The molecule has 1 aliphatic rings. The van der Waals surface area contributed by atoms with E-state index in [1.165, 1.54) is 0 Å². The van der Waals surface area contributed by atoms with Crippen LogP contribution in [0.2, 0.25) is 0 Å². The van der Waals surface area contributed by atoms with Gasteiger partial charge < -0.3 is 15.2 Å². The molecule has 0 saturated heterocycles. The van der Waals surface area contributed by atoms with E-state index in [0.717, 1.165) is 23.5 Å². The lowest BCUT2D eigenvalue weighted by molar-refractivity contribution is -0.0431. The van der Waals surface area contributed by atoms with Crippen molar-refractivity contribution < 1.29 is 19.5 Å². The van der Waals surface area contributed by atoms with E-state index in [-0.39, 0.29) is 18.4 Å². The van der Waals surface area contributed by atoms with E-state index in [9.17, 15) is 10.0 Å². The highest BCUT2D eigenvalue weighted by Crippen LogP contribution is 2.49. The minimum atomic E-state index is -0.825. The number of primary amides is 1. The molecular weight excluding hydrogens is 248 g/mol. The number of amides is 2. The normalized spacial score (nSPS) is 20.8. The zero-order valence-electron chi connectivity index (χ0n) is 11.0. The van der Waals surface area contributed by atoms with Crippen LogP contribution in [0, 0.1) is 5.92 Å². The van der Waals surface area contributed by atoms with Gasteiger partial charge in [0.15, 0.2) is 0 Å². The first-order chi connectivity index (χ1) is 9.05. The minimum absolute atomic E-state index is 0.217. The Balaban J connectivity index is 2.06. The van der Waals surface area contributed by atoms with Crippen molar-refractivity contribution in [1.29, 1.82) is 0 Å². The summed E-state index contributed by atoms with van der Waals surface area (Å²) in [6.45, 7) is 0.250. The molecule has 0 heterocycles. The lowest BCUT2D eigenvalue weighted by Gasteiger charge is -2.12. The predicted octanol–water partition coefficient (Wildman–Crippen LogP) is 1.58. The molecule has 0 aromatic heterocycles. The van der Waals surface area contributed by atoms with Crippen molar-refractivity contribution in [3.63, 3.8) is 0 Å². The van der Waals surface area contributed by atoms with Crippen molar-refractivity contribution >= 4 is 6.03 Å². The number of carbonyl (C=O) groups excluding carboxylic acids is 1. The molecule has 2 atom stereocenters. The van der Waals surface area contributed by atoms with Crippen LogP contribution in [0.5, 0.6) is 11.5 Å². The zero-order valence-corrected chi connectivity index (χ0v) is 11.0. The number of nitrogens with zero attached hydrogens (tertiary/aromatic N) is 1. The summed E-state index contributed by atoms with van der Waals surface area (Å²) in [6.07, 6.45) is 0.903. The summed E-state index contributed by atoms with van der Waals surface area (Å²) < 4.78 is 10.4. The molecule has 0 aliphatic heterocycles. The van der Waals surface area contributed by atoms with E-state index in [0.29, 0.717) is 5.06 Å². The van der Waals surface area contributed by atoms with Gasteiger partial charge in [0.2, 0.25) is 0 Å². The van der Waals surface area contributed by atoms with E-state index in [1.54, 1.807) is 14.2 Å². The summed E-state index contributed by atoms with van der Waals surface area (Å²) >= 11 is 0. The van der Waals surface area contributed by atoms with Crippen LogP contribution in [0.3, 0.4) is 0 Å². The van der Waals surface area contributed by atoms with Crippen LogP contribution in [-0.4, -0.2) is 37.1 Å². The summed E-state index contributed by atoms with van der Waals surface area (Å²) in [5.74, 6) is 1.97. The molecule has 1 aliphatic carbocycles. The van der Waals surface area contributed by atoms with Crippen molar-refractivity contribution in [2.24, 2.45) is 11.7 Å². The van der Waals surface area contributed by atoms with Crippen LogP contribution in [-0.2, 0) is 0 Å². The minimum Gasteiger partial charge on any atom is -0.497 e. The Morgan fingerprint density at radius 2 is 1.95 bits per heavy atom. The second-order valence-electron chi connectivity index (χ2n) is 4.67. The topological polar surface area (TPSA) is 85.0 Å². The number of urea groups is 1. The summed E-state index contributed by atoms with van der Waals surface area (Å²) in [4.78, 5) is 10.8. The van der Waals surface area contributed by atoms with Gasteiger partial charge in [-0.1, -0.05) is 0 Å². The number of hydroxylamine groups is 2. The van der Waals surface area contributed by atoms with Crippen LogP contribution in [0.15, 0.2) is 18.2 Å². The third-order valence-corrected chi connectivity index (χ3v) is 3.39. The van der Waals surface area contributed by atoms with E-state index >= 15 is 0 Å². The fourth-order valence-electron chi connectivity index (χ4n) is 2.21. The van der Waals surface area contributed by atoms with Crippen molar-refractivity contribution in [1.82, 2.24) is 5.06 Å². The largest absolute Gasteiger partial charge is 0.497 e. The Kier molecular flexibility index (Phi) is 3.80. The quantitative estimate of drug-likeness (QED) is 0.626. The maximum atomic E-state index is 10.8. The molecular formula is C13H18N2O4. The van der Waals surface area contributed by atoms with Gasteiger partial charge in [-0.15, -0.1) is 0 Å². The van der Waals surface area contributed by atoms with E-state index in [1.807, 2.05) is 18.2 Å². The second-order valence-corrected chi connectivity index (χ2v) is 4.67. The Bertz CT molecular complexity index is 455. The third kappa shape index (κ3) is 3.08. The summed E-state index contributed by atoms with van der Waals surface area (Å²) in [5, 5.41) is 9.87. The maximum Gasteiger partial charge on any atom is 0.338 e. The van der Waals surface area contributed by atoms with Gasteiger partial charge in [-0.3, -0.25) is 5.21 Å². The SMILES string of the molecule is COc1cc(OC)cc(C2CC2CN(O)C(N)=O)c1. The fourth-order valence-corrected chi connectivity index (χ4v) is 2.21. The molecule has 1 aromatic carbocycles. The van der Waals surface area contributed by atoms with E-state index in [4.69, 9.17) is 15.2 Å². The Morgan fingerprint density at radius 3 is 2.42 bits per heavy atom. The molecule has 0 radical (unpaired) electrons. The highest BCUT2D eigenvalue weighted by atomic mass is 16.5. The van der Waals surface area contributed by atoms with Gasteiger partial charge in [0.05, 0.1) is 20.8 Å². The Morgan fingerprint density at radius 1 is 1.37 bits per heavy atom. The lowest BCUT2D eigenvalue weighted by atomic mass is 10.1. The Hall–Kier alpha value is -1.95. The van der Waals surface area contributed by atoms with Crippen LogP contribution in [0.25, 0.3) is 0 Å². The molecule has 0 spiro atoms. The highest BCUT2D eigenvalue weighted by molar-refractivity contribution is 5.70. The molecule has 19 heavy (non-hydrogen) atoms. The van der Waals surface area contributed by atoms with Gasteiger partial charge >= 0.3 is 6.03 Å². The molecule has 2 unspecified atom stereocenters. The van der Waals surface area contributed by atoms with Gasteiger partial charge in [0, 0.05) is 6.07 Å². The molecule has 1 fully saturated rings. The standard InChI is InChI=1S/C13H18N2O4/c1-18-10-3-8(4-11(6-10)19-2)12-5-9(12)7-15(17)13(14)16/h3-4,6,9,12,17H,5,7H2,1-2H3,(H2,14,16). The highest BCUT2D eigenvalue weighted by Gasteiger charge is 2.40. The average Bonchev–Trinajstić information content (AvgIpc) is 3.17. The summed E-state index contributed by atoms with van der Waals surface area (Å²) in [6, 6.07) is 4.87. The molecule has 2 amide bonds. The molecule has 6 heteroatoms. The molecule has 0 bridgehead atoms. The molecule has 3 N–H and O–H groups in total. The predicted molar refractivity (Wildman–Crippen MR) is 68.5 cm³/mol. The zero-order chi connectivity index (χ0) is 14.0. The number of benzene rings is 1. The van der Waals surface area contributed by atoms with Crippen LogP contribution in [0.1, 0.15) is 17.9 Å². The van der Waals surface area contributed by atoms with Crippen molar-refractivity contribution in [3.05, 3.63) is 23.8 Å². The van der Waals surface area contributed by atoms with Gasteiger partial charge in [-0.2, -0.15) is 0 Å². The number of nitrogens with two attached hydrogens (primary N) is 1. The maximum absolute atomic E-state index is 10.8. The van der Waals surface area contributed by atoms with Gasteiger partial charge in [0.25, 0.3) is 0 Å². The number of carbonyl (C=O) groups is 1. The van der Waals surface area contributed by atoms with Crippen molar-refractivity contribution in [2.45, 2.75) is 12.3 Å². The first-order valence-corrected chi connectivity index (χ1v) is 6.04. The van der Waals surface area contributed by atoms with Crippen LogP contribution in [0.4, 0.5) is 4.79 Å². The lowest BCUT2D eigenvalue weighted by Crippen LogP contribution is -2.34. The molecule has 1 saturated carbocycles. The summed E-state index contributed by atoms with van der Waals surface area (Å²) in [5.41, 5.74) is 6.07. The van der Waals surface area contributed by atoms with Crippen molar-refractivity contribution in [2.75, 3.05) is 20.8 Å². The molecule has 2 rings (SSSR count).